The highest BCUT2D eigenvalue weighted by Gasteiger charge is 2.19. The van der Waals surface area contributed by atoms with Gasteiger partial charge in [-0.1, -0.05) is 319 Å². The minimum Gasteiger partial charge on any atom is -0.462 e. The molecule has 0 heterocycles. The molecular weight excluding hydrogens is 973 g/mol. The average Bonchev–Trinajstić information content (AvgIpc) is 3.45. The molecule has 0 aliphatic heterocycles. The number of hydrogen-bond acceptors (Lipinski definition) is 6. The van der Waals surface area contributed by atoms with Gasteiger partial charge in [0.1, 0.15) is 13.2 Å². The van der Waals surface area contributed by atoms with Gasteiger partial charge in [-0.2, -0.15) is 0 Å². The van der Waals surface area contributed by atoms with Gasteiger partial charge in [0.15, 0.2) is 6.10 Å². The lowest BCUT2D eigenvalue weighted by Crippen LogP contribution is -2.30. The topological polar surface area (TPSA) is 78.9 Å². The first-order chi connectivity index (χ1) is 39.0. The second-order valence-corrected chi connectivity index (χ2v) is 23.4. The Kier molecular flexibility index (Phi) is 65.1. The fourth-order valence-corrected chi connectivity index (χ4v) is 10.2. The van der Waals surface area contributed by atoms with Gasteiger partial charge in [-0.3, -0.25) is 14.4 Å². The van der Waals surface area contributed by atoms with Gasteiger partial charge in [0, 0.05) is 19.3 Å². The smallest absolute Gasteiger partial charge is 0.306 e. The molecule has 0 N–H and O–H groups in total. The van der Waals surface area contributed by atoms with Gasteiger partial charge >= 0.3 is 17.9 Å². The first kappa shape index (κ1) is 76.1. The van der Waals surface area contributed by atoms with Crippen LogP contribution in [0.4, 0.5) is 0 Å². The van der Waals surface area contributed by atoms with Crippen molar-refractivity contribution in [3.63, 3.8) is 0 Å². The first-order valence-electron chi connectivity index (χ1n) is 34.8. The number of rotatable bonds is 64. The highest BCUT2D eigenvalue weighted by Crippen LogP contribution is 2.18. The fraction of sp³-hybridized carbons (Fsp3) is 0.822. The van der Waals surface area contributed by atoms with E-state index in [0.29, 0.717) is 19.3 Å². The molecule has 0 aromatic carbocycles. The third-order valence-corrected chi connectivity index (χ3v) is 15.5. The summed E-state index contributed by atoms with van der Waals surface area (Å²) in [5, 5.41) is 0. The van der Waals surface area contributed by atoms with E-state index in [2.05, 4.69) is 81.5 Å². The van der Waals surface area contributed by atoms with Crippen LogP contribution in [0.3, 0.4) is 0 Å². The van der Waals surface area contributed by atoms with Gasteiger partial charge in [0.25, 0.3) is 0 Å². The Balaban J connectivity index is 3.94. The molecule has 0 aromatic rings. The van der Waals surface area contributed by atoms with E-state index >= 15 is 0 Å². The van der Waals surface area contributed by atoms with Crippen molar-refractivity contribution >= 4 is 17.9 Å². The summed E-state index contributed by atoms with van der Waals surface area (Å²) < 4.78 is 16.8. The molecule has 460 valence electrons. The zero-order valence-corrected chi connectivity index (χ0v) is 52.9. The number of ether oxygens (including phenoxy) is 3. The minimum atomic E-state index is -0.774. The molecule has 0 aliphatic rings. The Morgan fingerprint density at radius 3 is 0.709 bits per heavy atom. The van der Waals surface area contributed by atoms with Crippen molar-refractivity contribution in [3.8, 4) is 0 Å². The van der Waals surface area contributed by atoms with Gasteiger partial charge in [0.2, 0.25) is 0 Å². The zero-order chi connectivity index (χ0) is 57.1. The quantitative estimate of drug-likeness (QED) is 0.0261. The molecule has 6 nitrogen and oxygen atoms in total. The van der Waals surface area contributed by atoms with Gasteiger partial charge in [0.05, 0.1) is 0 Å². The normalized spacial score (nSPS) is 12.4. The first-order valence-corrected chi connectivity index (χ1v) is 34.8. The maximum Gasteiger partial charge on any atom is 0.306 e. The predicted octanol–water partition coefficient (Wildman–Crippen LogP) is 23.9. The summed E-state index contributed by atoms with van der Waals surface area (Å²) in [7, 11) is 0. The summed E-state index contributed by atoms with van der Waals surface area (Å²) >= 11 is 0. The van der Waals surface area contributed by atoms with Crippen LogP contribution in [0.25, 0.3) is 0 Å². The molecule has 79 heavy (non-hydrogen) atoms. The molecule has 1 atom stereocenters. The third kappa shape index (κ3) is 65.8. The van der Waals surface area contributed by atoms with Crippen LogP contribution in [-0.4, -0.2) is 37.2 Å². The van der Waals surface area contributed by atoms with Crippen LogP contribution in [-0.2, 0) is 28.6 Å². The van der Waals surface area contributed by atoms with Crippen LogP contribution >= 0.6 is 0 Å². The lowest BCUT2D eigenvalue weighted by molar-refractivity contribution is -0.167. The summed E-state index contributed by atoms with van der Waals surface area (Å²) in [4.78, 5) is 38.0. The van der Waals surface area contributed by atoms with Gasteiger partial charge in [-0.25, -0.2) is 0 Å². The summed E-state index contributed by atoms with van der Waals surface area (Å²) in [6.45, 7) is 6.57. The molecule has 0 saturated heterocycles. The molecule has 1 unspecified atom stereocenters. The van der Waals surface area contributed by atoms with Crippen molar-refractivity contribution in [1.29, 1.82) is 0 Å². The van der Waals surface area contributed by atoms with E-state index in [4.69, 9.17) is 14.2 Å². The SMILES string of the molecule is CCCCCCC/C=C\C/C=C\C/C=C\CCCCCCCCCCC(=O)OC(COC(=O)CCCCCCC)COC(=O)CCCCCCCCCCCCCCCCCCCCCCC/C=C\C/C=C\CCCCCCC. The van der Waals surface area contributed by atoms with Gasteiger partial charge < -0.3 is 14.2 Å². The number of hydrogen-bond donors (Lipinski definition) is 0. The van der Waals surface area contributed by atoms with Crippen molar-refractivity contribution in [2.75, 3.05) is 13.2 Å². The summed E-state index contributed by atoms with van der Waals surface area (Å²) in [5.41, 5.74) is 0. The Hall–Kier alpha value is -2.89. The van der Waals surface area contributed by atoms with E-state index in [-0.39, 0.29) is 31.1 Å². The Labute approximate surface area is 491 Å². The van der Waals surface area contributed by atoms with Crippen LogP contribution in [0.1, 0.15) is 367 Å². The summed E-state index contributed by atoms with van der Waals surface area (Å²) in [6, 6.07) is 0. The minimum absolute atomic E-state index is 0.0738. The molecule has 0 rings (SSSR count). The second kappa shape index (κ2) is 67.6. The number of unbranched alkanes of at least 4 members (excludes halogenated alkanes) is 43. The van der Waals surface area contributed by atoms with E-state index in [1.54, 1.807) is 0 Å². The van der Waals surface area contributed by atoms with Crippen LogP contribution in [0.2, 0.25) is 0 Å². The van der Waals surface area contributed by atoms with Gasteiger partial charge in [-0.05, 0) is 89.9 Å². The van der Waals surface area contributed by atoms with Crippen LogP contribution in [0, 0.1) is 0 Å². The molecule has 0 spiro atoms. The Morgan fingerprint density at radius 1 is 0.253 bits per heavy atom. The Morgan fingerprint density at radius 2 is 0.456 bits per heavy atom. The van der Waals surface area contributed by atoms with E-state index in [0.717, 1.165) is 89.9 Å². The molecule has 0 aliphatic carbocycles. The molecular formula is C73H132O6. The molecule has 0 aromatic heterocycles. The number of carbonyl (C=O) groups is 3. The monoisotopic (exact) mass is 1110 g/mol. The molecule has 0 bridgehead atoms. The highest BCUT2D eigenvalue weighted by molar-refractivity contribution is 5.71. The Bertz CT molecular complexity index is 1410. The van der Waals surface area contributed by atoms with Crippen LogP contribution in [0.15, 0.2) is 60.8 Å². The van der Waals surface area contributed by atoms with Crippen molar-refractivity contribution < 1.29 is 28.6 Å². The van der Waals surface area contributed by atoms with Crippen molar-refractivity contribution in [2.24, 2.45) is 0 Å². The fourth-order valence-electron chi connectivity index (χ4n) is 10.2. The van der Waals surface area contributed by atoms with E-state index in [1.807, 2.05) is 0 Å². The summed E-state index contributed by atoms with van der Waals surface area (Å²) in [6.07, 6.45) is 87.4. The van der Waals surface area contributed by atoms with E-state index in [1.165, 1.54) is 238 Å². The molecule has 0 amide bonds. The standard InChI is InChI=1S/C73H132O6/c1-4-7-10-13-15-17-19-21-23-25-27-29-31-32-33-34-35-36-37-38-39-40-42-43-45-47-49-51-53-55-57-60-63-66-72(75)78-69-70(68-77-71(74)65-62-59-12-9-6-3)79-73(76)67-64-61-58-56-54-52-50-48-46-44-41-30-28-26-24-22-20-18-16-14-11-8-5-2/h19-22,25-28,41,44,70H,4-18,23-24,29-40,42-43,45-69H2,1-3H3/b21-19-,22-20-,27-25-,28-26-,44-41-. The van der Waals surface area contributed by atoms with E-state index in [9.17, 15) is 14.4 Å². The maximum atomic E-state index is 12.8. The molecule has 0 fully saturated rings. The highest BCUT2D eigenvalue weighted by atomic mass is 16.6. The lowest BCUT2D eigenvalue weighted by atomic mass is 10.0. The van der Waals surface area contributed by atoms with Crippen LogP contribution in [0.5, 0.6) is 0 Å². The zero-order valence-electron chi connectivity index (χ0n) is 52.9. The predicted molar refractivity (Wildman–Crippen MR) is 344 cm³/mol. The molecule has 6 heteroatoms. The second-order valence-electron chi connectivity index (χ2n) is 23.4. The maximum absolute atomic E-state index is 12.8. The number of carbonyl (C=O) groups excluding carboxylic acids is 3. The average molecular weight is 1110 g/mol. The third-order valence-electron chi connectivity index (χ3n) is 15.5. The number of allylic oxidation sites excluding steroid dienone is 10. The van der Waals surface area contributed by atoms with Crippen LogP contribution < -0.4 is 0 Å². The number of esters is 3. The van der Waals surface area contributed by atoms with Crippen molar-refractivity contribution in [2.45, 2.75) is 374 Å². The van der Waals surface area contributed by atoms with Gasteiger partial charge in [-0.15, -0.1) is 0 Å². The molecule has 0 saturated carbocycles. The largest absolute Gasteiger partial charge is 0.462 e. The van der Waals surface area contributed by atoms with Crippen molar-refractivity contribution in [3.05, 3.63) is 60.8 Å². The van der Waals surface area contributed by atoms with Crippen molar-refractivity contribution in [1.82, 2.24) is 0 Å². The van der Waals surface area contributed by atoms with E-state index < -0.39 is 6.10 Å². The lowest BCUT2D eigenvalue weighted by Gasteiger charge is -2.18. The molecule has 0 radical (unpaired) electrons. The summed E-state index contributed by atoms with van der Waals surface area (Å²) in [5.74, 6) is -0.877.